The van der Waals surface area contributed by atoms with Gasteiger partial charge in [-0.2, -0.15) is 0 Å². The van der Waals surface area contributed by atoms with Crippen LogP contribution < -0.4 is 10.6 Å². The van der Waals surface area contributed by atoms with Crippen LogP contribution >= 0.6 is 0 Å². The Hall–Kier alpha value is -2.42. The summed E-state index contributed by atoms with van der Waals surface area (Å²) in [6, 6.07) is 5.36. The van der Waals surface area contributed by atoms with E-state index < -0.39 is 33.8 Å². The number of benzene rings is 1. The number of sulfone groups is 1. The molecule has 0 aliphatic heterocycles. The Morgan fingerprint density at radius 2 is 1.74 bits per heavy atom. The molecule has 1 atom stereocenters. The maximum Gasteiger partial charge on any atom is 0.338 e. The van der Waals surface area contributed by atoms with Gasteiger partial charge in [0.05, 0.1) is 11.3 Å². The molecule has 0 aromatic heterocycles. The van der Waals surface area contributed by atoms with E-state index in [2.05, 4.69) is 10.6 Å². The zero-order chi connectivity index (χ0) is 20.0. The third-order valence-corrected chi connectivity index (χ3v) is 5.06. The van der Waals surface area contributed by atoms with Crippen molar-refractivity contribution in [3.8, 4) is 0 Å². The van der Waals surface area contributed by atoms with Gasteiger partial charge in [-0.15, -0.1) is 0 Å². The molecule has 2 rings (SSSR count). The summed E-state index contributed by atoms with van der Waals surface area (Å²) >= 11 is 0. The van der Waals surface area contributed by atoms with Crippen LogP contribution in [-0.2, 0) is 25.1 Å². The zero-order valence-electron chi connectivity index (χ0n) is 15.4. The predicted octanol–water partition coefficient (Wildman–Crippen LogP) is 1.54. The first-order valence-corrected chi connectivity index (χ1v) is 10.8. The molecule has 1 aromatic carbocycles. The lowest BCUT2D eigenvalue weighted by atomic mass is 10.1. The number of carbonyl (C=O) groups is 3. The van der Waals surface area contributed by atoms with Crippen LogP contribution in [0.25, 0.3) is 0 Å². The first kappa shape index (κ1) is 20.9. The topological polar surface area (TPSA) is 119 Å². The summed E-state index contributed by atoms with van der Waals surface area (Å²) in [5.41, 5.74) is 0.728. The van der Waals surface area contributed by atoms with Crippen molar-refractivity contribution in [2.24, 2.45) is 0 Å². The second kappa shape index (κ2) is 8.98. The average Bonchev–Trinajstić information content (AvgIpc) is 3.06. The van der Waals surface area contributed by atoms with Gasteiger partial charge in [0, 0.05) is 12.3 Å². The maximum absolute atomic E-state index is 12.1. The van der Waals surface area contributed by atoms with E-state index in [0.29, 0.717) is 5.56 Å². The minimum absolute atomic E-state index is 0.0705. The number of imide groups is 1. The van der Waals surface area contributed by atoms with Crippen LogP contribution in [0.3, 0.4) is 0 Å². The van der Waals surface area contributed by atoms with Crippen LogP contribution in [0.15, 0.2) is 24.3 Å². The molecular formula is C18H24N2O6S. The monoisotopic (exact) mass is 396 g/mol. The van der Waals surface area contributed by atoms with Crippen molar-refractivity contribution >= 4 is 27.7 Å². The Morgan fingerprint density at radius 3 is 2.30 bits per heavy atom. The highest BCUT2D eigenvalue weighted by atomic mass is 32.2. The fourth-order valence-electron chi connectivity index (χ4n) is 2.83. The second-order valence-electron chi connectivity index (χ2n) is 6.76. The molecule has 1 aliphatic rings. The van der Waals surface area contributed by atoms with E-state index in [1.165, 1.54) is 31.2 Å². The zero-order valence-corrected chi connectivity index (χ0v) is 16.2. The molecule has 148 valence electrons. The molecule has 0 unspecified atom stereocenters. The third-order valence-electron chi connectivity index (χ3n) is 4.20. The van der Waals surface area contributed by atoms with Crippen LogP contribution in [-0.4, -0.2) is 44.7 Å². The number of nitrogens with one attached hydrogen (secondary N) is 2. The van der Waals surface area contributed by atoms with Gasteiger partial charge in [0.1, 0.15) is 0 Å². The summed E-state index contributed by atoms with van der Waals surface area (Å²) < 4.78 is 27.6. The van der Waals surface area contributed by atoms with Gasteiger partial charge < -0.3 is 10.1 Å². The highest BCUT2D eigenvalue weighted by Gasteiger charge is 2.23. The highest BCUT2D eigenvalue weighted by Crippen LogP contribution is 2.17. The molecule has 0 radical (unpaired) electrons. The SMILES string of the molecule is C[C@H](OC(=O)c1ccc(CS(C)(=O)=O)cc1)C(=O)NC(=O)NC1CCCC1. The summed E-state index contributed by atoms with van der Waals surface area (Å²) in [6.45, 7) is 1.37. The Balaban J connectivity index is 1.84. The molecular weight excluding hydrogens is 372 g/mol. The van der Waals surface area contributed by atoms with E-state index in [1.54, 1.807) is 0 Å². The predicted molar refractivity (Wildman–Crippen MR) is 98.8 cm³/mol. The molecule has 27 heavy (non-hydrogen) atoms. The quantitative estimate of drug-likeness (QED) is 0.704. The fraction of sp³-hybridized carbons (Fsp3) is 0.500. The standard InChI is InChI=1S/C18H24N2O6S/c1-12(16(21)20-18(23)19-15-5-3-4-6-15)26-17(22)14-9-7-13(8-10-14)11-27(2,24)25/h7-10,12,15H,3-6,11H2,1-2H3,(H2,19,20,21,23)/t12-/m0/s1. The van der Waals surface area contributed by atoms with Crippen LogP contribution in [0.2, 0.25) is 0 Å². The molecule has 0 spiro atoms. The second-order valence-corrected chi connectivity index (χ2v) is 8.90. The van der Waals surface area contributed by atoms with E-state index in [9.17, 15) is 22.8 Å². The smallest absolute Gasteiger partial charge is 0.338 e. The number of amides is 3. The van der Waals surface area contributed by atoms with E-state index in [-0.39, 0.29) is 17.4 Å². The number of esters is 1. The lowest BCUT2D eigenvalue weighted by Gasteiger charge is -2.15. The Morgan fingerprint density at radius 1 is 1.15 bits per heavy atom. The van der Waals surface area contributed by atoms with Gasteiger partial charge in [-0.3, -0.25) is 10.1 Å². The van der Waals surface area contributed by atoms with Crippen molar-refractivity contribution in [2.45, 2.75) is 50.5 Å². The van der Waals surface area contributed by atoms with Crippen LogP contribution in [0, 0.1) is 0 Å². The number of ether oxygens (including phenoxy) is 1. The van der Waals surface area contributed by atoms with E-state index >= 15 is 0 Å². The first-order valence-electron chi connectivity index (χ1n) is 8.73. The van der Waals surface area contributed by atoms with E-state index in [4.69, 9.17) is 4.74 Å². The third kappa shape index (κ3) is 7.01. The summed E-state index contributed by atoms with van der Waals surface area (Å²) in [6.07, 6.45) is 3.86. The molecule has 0 heterocycles. The first-order chi connectivity index (χ1) is 12.6. The van der Waals surface area contributed by atoms with Crippen LogP contribution in [0.5, 0.6) is 0 Å². The number of carbonyl (C=O) groups excluding carboxylic acids is 3. The summed E-state index contributed by atoms with van der Waals surface area (Å²) in [4.78, 5) is 35.9. The van der Waals surface area contributed by atoms with Crippen LogP contribution in [0.1, 0.15) is 48.5 Å². The molecule has 9 heteroatoms. The fourth-order valence-corrected chi connectivity index (χ4v) is 3.63. The number of hydrogen-bond donors (Lipinski definition) is 2. The Kier molecular flexibility index (Phi) is 6.95. The van der Waals surface area contributed by atoms with Crippen molar-refractivity contribution in [2.75, 3.05) is 6.26 Å². The lowest BCUT2D eigenvalue weighted by molar-refractivity contribution is -0.127. The molecule has 1 fully saturated rings. The summed E-state index contributed by atoms with van der Waals surface area (Å²) in [5.74, 6) is -1.58. The minimum Gasteiger partial charge on any atom is -0.449 e. The molecule has 1 aliphatic carbocycles. The summed E-state index contributed by atoms with van der Waals surface area (Å²) in [5, 5.41) is 4.88. The minimum atomic E-state index is -3.17. The Bertz CT molecular complexity index is 798. The van der Waals surface area contributed by atoms with E-state index in [1.807, 2.05) is 0 Å². The van der Waals surface area contributed by atoms with Gasteiger partial charge in [0.2, 0.25) is 0 Å². The molecule has 3 amide bonds. The van der Waals surface area contributed by atoms with Crippen molar-refractivity contribution in [3.63, 3.8) is 0 Å². The normalized spacial score (nSPS) is 15.8. The Labute approximate surface area is 158 Å². The van der Waals surface area contributed by atoms with Crippen LogP contribution in [0.4, 0.5) is 4.79 Å². The number of urea groups is 1. The van der Waals surface area contributed by atoms with Crippen molar-refractivity contribution in [1.29, 1.82) is 0 Å². The molecule has 1 saturated carbocycles. The lowest BCUT2D eigenvalue weighted by Crippen LogP contribution is -2.47. The molecule has 0 saturated heterocycles. The summed E-state index contributed by atoms with van der Waals surface area (Å²) in [7, 11) is -3.17. The molecule has 2 N–H and O–H groups in total. The molecule has 1 aromatic rings. The van der Waals surface area contributed by atoms with Gasteiger partial charge in [-0.1, -0.05) is 25.0 Å². The average molecular weight is 396 g/mol. The van der Waals surface area contributed by atoms with Crippen molar-refractivity contribution in [1.82, 2.24) is 10.6 Å². The van der Waals surface area contributed by atoms with Gasteiger partial charge in [-0.25, -0.2) is 18.0 Å². The van der Waals surface area contributed by atoms with Gasteiger partial charge in [0.15, 0.2) is 15.9 Å². The maximum atomic E-state index is 12.1. The largest absolute Gasteiger partial charge is 0.449 e. The van der Waals surface area contributed by atoms with Gasteiger partial charge in [-0.05, 0) is 37.5 Å². The van der Waals surface area contributed by atoms with E-state index in [0.717, 1.165) is 31.9 Å². The van der Waals surface area contributed by atoms with Crippen molar-refractivity contribution in [3.05, 3.63) is 35.4 Å². The molecule has 8 nitrogen and oxygen atoms in total. The number of hydrogen-bond acceptors (Lipinski definition) is 6. The number of rotatable bonds is 6. The molecule has 0 bridgehead atoms. The van der Waals surface area contributed by atoms with Gasteiger partial charge in [0.25, 0.3) is 5.91 Å². The highest BCUT2D eigenvalue weighted by molar-refractivity contribution is 7.89. The van der Waals surface area contributed by atoms with Crippen molar-refractivity contribution < 1.29 is 27.5 Å². The van der Waals surface area contributed by atoms with Gasteiger partial charge >= 0.3 is 12.0 Å².